The van der Waals surface area contributed by atoms with E-state index in [1.54, 1.807) is 31.3 Å². The van der Waals surface area contributed by atoms with Crippen molar-refractivity contribution < 1.29 is 17.8 Å². The molecule has 212 valence electrons. The predicted octanol–water partition coefficient (Wildman–Crippen LogP) is 6.74. The van der Waals surface area contributed by atoms with Crippen LogP contribution in [-0.2, 0) is 14.4 Å². The van der Waals surface area contributed by atoms with E-state index in [-0.39, 0.29) is 4.90 Å². The molecule has 0 aromatic heterocycles. The van der Waals surface area contributed by atoms with Crippen molar-refractivity contribution in [2.45, 2.75) is 102 Å². The molecule has 0 aliphatic heterocycles. The first-order chi connectivity index (χ1) is 18.1. The first-order valence-corrected chi connectivity index (χ1v) is 16.9. The van der Waals surface area contributed by atoms with Gasteiger partial charge in [-0.25, -0.2) is 0 Å². The van der Waals surface area contributed by atoms with E-state index >= 15 is 0 Å². The summed E-state index contributed by atoms with van der Waals surface area (Å²) in [6, 6.07) is 6.81. The average molecular weight is 544 g/mol. The second-order valence-corrected chi connectivity index (χ2v) is 16.3. The molecule has 8 fully saturated rings. The van der Waals surface area contributed by atoms with Crippen molar-refractivity contribution in [1.29, 1.82) is 0 Å². The minimum Gasteiger partial charge on any atom is -0.396 e. The highest BCUT2D eigenvalue weighted by molar-refractivity contribution is 7.86. The van der Waals surface area contributed by atoms with Crippen LogP contribution in [0.1, 0.15) is 95.5 Å². The third kappa shape index (κ3) is 5.75. The molecule has 8 bridgehead atoms. The van der Waals surface area contributed by atoms with Crippen molar-refractivity contribution in [2.75, 3.05) is 20.2 Å². The van der Waals surface area contributed by atoms with Gasteiger partial charge >= 0.3 is 10.1 Å². The molecule has 0 spiro atoms. The number of aryl methyl sites for hydroxylation is 1. The van der Waals surface area contributed by atoms with E-state index in [1.165, 1.54) is 82.1 Å². The van der Waals surface area contributed by atoms with Crippen molar-refractivity contribution in [2.24, 2.45) is 46.3 Å². The normalized spacial score (nSPS) is 40.4. The number of hydrogen-bond donors (Lipinski definition) is 1. The van der Waals surface area contributed by atoms with E-state index < -0.39 is 10.1 Å². The molecule has 8 saturated carbocycles. The fourth-order valence-electron chi connectivity index (χ4n) is 10.8. The quantitative estimate of drug-likeness (QED) is 0.368. The molecule has 0 radical (unpaired) electrons. The standard InChI is InChI=1S/C20H29NO3S.C12H20O/c1-15-3-5-19(6-4-15)25(22,23)24-21(2)8-7-20-12-16-9-17(13-20)11-18(10-16)14-20;13-2-1-12-6-9-3-10(7-12)5-11(4-9)8-12/h3-6,16-18H,7-14H2,1-2H3;9-11,13H,1-8H2. The number of hydroxylamine groups is 2. The summed E-state index contributed by atoms with van der Waals surface area (Å²) < 4.78 is 30.2. The van der Waals surface area contributed by atoms with Gasteiger partial charge < -0.3 is 5.11 Å². The van der Waals surface area contributed by atoms with Gasteiger partial charge in [-0.1, -0.05) is 17.7 Å². The van der Waals surface area contributed by atoms with E-state index in [4.69, 9.17) is 9.39 Å². The Bertz CT molecular complexity index is 1010. The number of rotatable bonds is 8. The van der Waals surface area contributed by atoms with Gasteiger partial charge in [-0.2, -0.15) is 17.8 Å². The van der Waals surface area contributed by atoms with Crippen LogP contribution < -0.4 is 0 Å². The number of aliphatic hydroxyl groups excluding tert-OH is 1. The summed E-state index contributed by atoms with van der Waals surface area (Å²) in [7, 11) is -1.99. The van der Waals surface area contributed by atoms with Gasteiger partial charge in [-0.15, -0.1) is 0 Å². The lowest BCUT2D eigenvalue weighted by atomic mass is 9.49. The lowest BCUT2D eigenvalue weighted by Gasteiger charge is -2.57. The molecule has 38 heavy (non-hydrogen) atoms. The van der Waals surface area contributed by atoms with Gasteiger partial charge in [0.1, 0.15) is 0 Å². The van der Waals surface area contributed by atoms with Crippen LogP contribution in [0.2, 0.25) is 0 Å². The SMILES string of the molecule is Cc1ccc(S(=O)(=O)ON(C)CCC23CC4CC(CC(C4)C2)C3)cc1.OCCC12CC3CC(CC(C3)C1)C2. The van der Waals surface area contributed by atoms with Crippen LogP contribution in [0.5, 0.6) is 0 Å². The Morgan fingerprint density at radius 1 is 0.763 bits per heavy atom. The van der Waals surface area contributed by atoms with E-state index in [9.17, 15) is 8.42 Å². The van der Waals surface area contributed by atoms with Crippen molar-refractivity contribution in [3.63, 3.8) is 0 Å². The third-order valence-corrected chi connectivity index (χ3v) is 12.8. The van der Waals surface area contributed by atoms with Crippen LogP contribution in [0, 0.1) is 53.3 Å². The van der Waals surface area contributed by atoms with Crippen LogP contribution in [0.25, 0.3) is 0 Å². The Morgan fingerprint density at radius 2 is 1.16 bits per heavy atom. The van der Waals surface area contributed by atoms with Gasteiger partial charge in [0, 0.05) is 20.2 Å². The number of nitrogens with zero attached hydrogens (tertiary/aromatic N) is 1. The molecule has 9 rings (SSSR count). The van der Waals surface area contributed by atoms with Crippen LogP contribution >= 0.6 is 0 Å². The first kappa shape index (κ1) is 27.2. The highest BCUT2D eigenvalue weighted by Crippen LogP contribution is 2.62. The Kier molecular flexibility index (Phi) is 7.50. The monoisotopic (exact) mass is 543 g/mol. The minimum atomic E-state index is -3.73. The van der Waals surface area contributed by atoms with Gasteiger partial charge in [-0.3, -0.25) is 0 Å². The topological polar surface area (TPSA) is 66.8 Å². The molecular formula is C32H49NO4S. The van der Waals surface area contributed by atoms with Gasteiger partial charge in [-0.05, 0) is 155 Å². The Morgan fingerprint density at radius 3 is 1.55 bits per heavy atom. The fraction of sp³-hybridized carbons (Fsp3) is 0.812. The molecule has 8 aliphatic rings. The lowest BCUT2D eigenvalue weighted by molar-refractivity contribution is -0.0844. The Labute approximate surface area is 230 Å². The van der Waals surface area contributed by atoms with Gasteiger partial charge in [0.25, 0.3) is 0 Å². The van der Waals surface area contributed by atoms with Crippen molar-refractivity contribution in [1.82, 2.24) is 5.06 Å². The van der Waals surface area contributed by atoms with E-state index in [1.807, 2.05) is 6.92 Å². The minimum absolute atomic E-state index is 0.222. The number of hydrogen-bond acceptors (Lipinski definition) is 5. The van der Waals surface area contributed by atoms with Gasteiger partial charge in [0.2, 0.25) is 0 Å². The summed E-state index contributed by atoms with van der Waals surface area (Å²) in [5.41, 5.74) is 2.08. The first-order valence-electron chi connectivity index (χ1n) is 15.5. The summed E-state index contributed by atoms with van der Waals surface area (Å²) in [4.78, 5) is 0.222. The average Bonchev–Trinajstić information content (AvgIpc) is 2.82. The molecule has 5 nitrogen and oxygen atoms in total. The smallest absolute Gasteiger partial charge is 0.313 e. The molecule has 0 saturated heterocycles. The van der Waals surface area contributed by atoms with Crippen molar-refractivity contribution in [3.8, 4) is 0 Å². The predicted molar refractivity (Wildman–Crippen MR) is 150 cm³/mol. The van der Waals surface area contributed by atoms with Gasteiger partial charge in [0.05, 0.1) is 4.90 Å². The van der Waals surface area contributed by atoms with Crippen molar-refractivity contribution >= 4 is 10.1 Å². The molecule has 1 N–H and O–H groups in total. The molecule has 1 aromatic carbocycles. The molecule has 8 aliphatic carbocycles. The second kappa shape index (κ2) is 10.5. The zero-order chi connectivity index (χ0) is 26.5. The van der Waals surface area contributed by atoms with E-state index in [0.29, 0.717) is 24.0 Å². The second-order valence-electron chi connectivity index (χ2n) is 14.8. The molecular weight excluding hydrogens is 494 g/mol. The van der Waals surface area contributed by atoms with Crippen LogP contribution in [0.4, 0.5) is 0 Å². The lowest BCUT2D eigenvalue weighted by Crippen LogP contribution is -2.47. The molecule has 0 amide bonds. The highest BCUT2D eigenvalue weighted by atomic mass is 32.2. The molecule has 0 heterocycles. The van der Waals surface area contributed by atoms with Crippen LogP contribution in [0.3, 0.4) is 0 Å². The maximum Gasteiger partial charge on any atom is 0.313 e. The number of aliphatic hydroxyl groups is 1. The molecule has 1 aromatic rings. The van der Waals surface area contributed by atoms with Crippen LogP contribution in [-0.4, -0.2) is 38.8 Å². The summed E-state index contributed by atoms with van der Waals surface area (Å²) in [5.74, 6) is 5.89. The molecule has 0 atom stereocenters. The number of benzene rings is 1. The van der Waals surface area contributed by atoms with Gasteiger partial charge in [0.15, 0.2) is 0 Å². The fourth-order valence-corrected chi connectivity index (χ4v) is 11.7. The van der Waals surface area contributed by atoms with E-state index in [0.717, 1.165) is 53.9 Å². The summed E-state index contributed by atoms with van der Waals surface area (Å²) in [6.07, 6.45) is 19.4. The Balaban J connectivity index is 0.000000169. The third-order valence-electron chi connectivity index (χ3n) is 11.5. The Hall–Kier alpha value is -0.950. The highest BCUT2D eigenvalue weighted by Gasteiger charge is 2.51. The summed E-state index contributed by atoms with van der Waals surface area (Å²) in [6.45, 7) is 3.04. The maximum atomic E-state index is 12.4. The summed E-state index contributed by atoms with van der Waals surface area (Å²) >= 11 is 0. The van der Waals surface area contributed by atoms with E-state index in [2.05, 4.69) is 0 Å². The molecule has 6 heteroatoms. The zero-order valence-electron chi connectivity index (χ0n) is 23.6. The molecule has 0 unspecified atom stereocenters. The zero-order valence-corrected chi connectivity index (χ0v) is 24.4. The maximum absolute atomic E-state index is 12.4. The van der Waals surface area contributed by atoms with Crippen molar-refractivity contribution in [3.05, 3.63) is 29.8 Å². The summed E-state index contributed by atoms with van der Waals surface area (Å²) in [5, 5.41) is 10.6. The largest absolute Gasteiger partial charge is 0.396 e. The van der Waals surface area contributed by atoms with Crippen LogP contribution in [0.15, 0.2) is 29.2 Å².